The van der Waals surface area contributed by atoms with Gasteiger partial charge in [0.15, 0.2) is 5.13 Å². The van der Waals surface area contributed by atoms with Crippen LogP contribution in [0.4, 0.5) is 5.13 Å². The van der Waals surface area contributed by atoms with Crippen molar-refractivity contribution in [2.45, 2.75) is 38.8 Å². The fourth-order valence-electron chi connectivity index (χ4n) is 1.62. The van der Waals surface area contributed by atoms with Crippen molar-refractivity contribution < 1.29 is 9.53 Å². The Morgan fingerprint density at radius 1 is 1.67 bits per heavy atom. The summed E-state index contributed by atoms with van der Waals surface area (Å²) in [7, 11) is 0. The van der Waals surface area contributed by atoms with E-state index in [1.165, 1.54) is 11.3 Å². The summed E-state index contributed by atoms with van der Waals surface area (Å²) < 4.78 is 5.33. The first kappa shape index (κ1) is 15.4. The van der Waals surface area contributed by atoms with Crippen LogP contribution in [0.25, 0.3) is 0 Å². The van der Waals surface area contributed by atoms with Gasteiger partial charge in [0, 0.05) is 18.9 Å². The lowest BCUT2D eigenvalue weighted by atomic mass is 10.2. The lowest BCUT2D eigenvalue weighted by Gasteiger charge is -2.08. The summed E-state index contributed by atoms with van der Waals surface area (Å²) in [5.41, 5.74) is 6.66. The first-order valence-electron chi connectivity index (χ1n) is 5.77. The van der Waals surface area contributed by atoms with Gasteiger partial charge in [-0.1, -0.05) is 11.3 Å². The molecule has 0 saturated carbocycles. The molecule has 3 N–H and O–H groups in total. The monoisotopic (exact) mass is 291 g/mol. The molecule has 1 aromatic rings. The van der Waals surface area contributed by atoms with Gasteiger partial charge in [0.25, 0.3) is 0 Å². The third-order valence-electron chi connectivity index (χ3n) is 2.57. The minimum absolute atomic E-state index is 0. The van der Waals surface area contributed by atoms with E-state index in [1.807, 2.05) is 6.92 Å². The number of anilines is 1. The quantitative estimate of drug-likeness (QED) is 0.885. The standard InChI is InChI=1S/C11H17N3O2S.ClH/c1-7(12)2-3-10(15)14-11-13-8-4-5-16-6-9(8)17-11;/h7H,2-6,12H2,1H3,(H,13,14,15);1H. The lowest BCUT2D eigenvalue weighted by Crippen LogP contribution is -2.19. The smallest absolute Gasteiger partial charge is 0.226 e. The molecule has 0 radical (unpaired) electrons. The molecule has 1 amide bonds. The highest BCUT2D eigenvalue weighted by Gasteiger charge is 2.16. The molecule has 102 valence electrons. The number of carbonyl (C=O) groups excluding carboxylic acids is 1. The number of ether oxygens (including phenoxy) is 1. The van der Waals surface area contributed by atoms with E-state index in [0.29, 0.717) is 24.6 Å². The third-order valence-corrected chi connectivity index (χ3v) is 3.55. The van der Waals surface area contributed by atoms with Gasteiger partial charge < -0.3 is 15.8 Å². The minimum Gasteiger partial charge on any atom is -0.375 e. The number of halogens is 1. The second-order valence-electron chi connectivity index (χ2n) is 4.26. The maximum Gasteiger partial charge on any atom is 0.226 e. The normalized spacial score (nSPS) is 15.4. The molecule has 1 aliphatic heterocycles. The zero-order valence-electron chi connectivity index (χ0n) is 10.3. The number of hydrogen-bond acceptors (Lipinski definition) is 5. The molecule has 18 heavy (non-hydrogen) atoms. The molecule has 0 aliphatic carbocycles. The summed E-state index contributed by atoms with van der Waals surface area (Å²) in [6.45, 7) is 3.23. The fraction of sp³-hybridized carbons (Fsp3) is 0.636. The Balaban J connectivity index is 0.00000162. The molecule has 1 aromatic heterocycles. The molecule has 1 atom stereocenters. The van der Waals surface area contributed by atoms with E-state index in [-0.39, 0.29) is 24.4 Å². The molecule has 1 unspecified atom stereocenters. The van der Waals surface area contributed by atoms with E-state index in [1.54, 1.807) is 0 Å². The van der Waals surface area contributed by atoms with Crippen molar-refractivity contribution in [3.05, 3.63) is 10.6 Å². The van der Waals surface area contributed by atoms with Crippen LogP contribution >= 0.6 is 23.7 Å². The topological polar surface area (TPSA) is 77.2 Å². The number of rotatable bonds is 4. The average Bonchev–Trinajstić information content (AvgIpc) is 2.68. The highest BCUT2D eigenvalue weighted by atomic mass is 35.5. The number of amides is 1. The fourth-order valence-corrected chi connectivity index (χ4v) is 2.58. The van der Waals surface area contributed by atoms with E-state index in [0.717, 1.165) is 23.6 Å². The first-order valence-corrected chi connectivity index (χ1v) is 6.58. The van der Waals surface area contributed by atoms with Gasteiger partial charge in [-0.25, -0.2) is 4.98 Å². The van der Waals surface area contributed by atoms with Crippen LogP contribution in [0.15, 0.2) is 0 Å². The zero-order chi connectivity index (χ0) is 12.3. The van der Waals surface area contributed by atoms with Crippen LogP contribution in [-0.4, -0.2) is 23.5 Å². The SMILES string of the molecule is CC(N)CCC(=O)Nc1nc2c(s1)COCC2.Cl. The predicted molar refractivity (Wildman–Crippen MR) is 74.2 cm³/mol. The molecule has 0 saturated heterocycles. The van der Waals surface area contributed by atoms with Crippen molar-refractivity contribution in [1.29, 1.82) is 0 Å². The number of nitrogens with zero attached hydrogens (tertiary/aromatic N) is 1. The molecule has 5 nitrogen and oxygen atoms in total. The summed E-state index contributed by atoms with van der Waals surface area (Å²) >= 11 is 1.50. The Hall–Kier alpha value is -0.690. The summed E-state index contributed by atoms with van der Waals surface area (Å²) in [4.78, 5) is 17.1. The van der Waals surface area contributed by atoms with E-state index in [4.69, 9.17) is 10.5 Å². The molecule has 1 aliphatic rings. The highest BCUT2D eigenvalue weighted by Crippen LogP contribution is 2.27. The van der Waals surface area contributed by atoms with Gasteiger partial charge >= 0.3 is 0 Å². The molecule has 0 spiro atoms. The number of thiazole rings is 1. The Kier molecular flexibility index (Phi) is 6.01. The van der Waals surface area contributed by atoms with Gasteiger partial charge in [0.1, 0.15) is 0 Å². The molecule has 0 fully saturated rings. The molecule has 7 heteroatoms. The molecule has 0 aromatic carbocycles. The number of hydrogen-bond donors (Lipinski definition) is 2. The summed E-state index contributed by atoms with van der Waals surface area (Å²) in [6.07, 6.45) is 1.97. The second kappa shape index (κ2) is 7.04. The van der Waals surface area contributed by atoms with Gasteiger partial charge in [-0.05, 0) is 13.3 Å². The zero-order valence-corrected chi connectivity index (χ0v) is 11.9. The van der Waals surface area contributed by atoms with Gasteiger partial charge in [-0.3, -0.25) is 4.79 Å². The highest BCUT2D eigenvalue weighted by molar-refractivity contribution is 7.15. The third kappa shape index (κ3) is 4.20. The Morgan fingerprint density at radius 2 is 2.44 bits per heavy atom. The maximum atomic E-state index is 11.6. The van der Waals surface area contributed by atoms with E-state index < -0.39 is 0 Å². The number of fused-ring (bicyclic) bond motifs is 1. The van der Waals surface area contributed by atoms with E-state index in [9.17, 15) is 4.79 Å². The number of carbonyl (C=O) groups is 1. The Morgan fingerprint density at radius 3 is 3.11 bits per heavy atom. The summed E-state index contributed by atoms with van der Waals surface area (Å²) in [5.74, 6) is -0.0192. The summed E-state index contributed by atoms with van der Waals surface area (Å²) in [6, 6.07) is 0.0543. The number of aromatic nitrogens is 1. The Labute approximate surface area is 117 Å². The van der Waals surface area contributed by atoms with E-state index >= 15 is 0 Å². The Bertz CT molecular complexity index is 385. The molecule has 2 heterocycles. The van der Waals surface area contributed by atoms with Crippen molar-refractivity contribution >= 4 is 34.8 Å². The van der Waals surface area contributed by atoms with Crippen LogP contribution in [0.5, 0.6) is 0 Å². The van der Waals surface area contributed by atoms with Crippen molar-refractivity contribution in [2.24, 2.45) is 5.73 Å². The van der Waals surface area contributed by atoms with Crippen LogP contribution < -0.4 is 11.1 Å². The van der Waals surface area contributed by atoms with E-state index in [2.05, 4.69) is 10.3 Å². The summed E-state index contributed by atoms with van der Waals surface area (Å²) in [5, 5.41) is 3.49. The average molecular weight is 292 g/mol. The van der Waals surface area contributed by atoms with Crippen LogP contribution in [-0.2, 0) is 22.6 Å². The van der Waals surface area contributed by atoms with Crippen molar-refractivity contribution in [1.82, 2.24) is 4.98 Å². The van der Waals surface area contributed by atoms with Crippen LogP contribution in [0.2, 0.25) is 0 Å². The van der Waals surface area contributed by atoms with Gasteiger partial charge in [0.2, 0.25) is 5.91 Å². The minimum atomic E-state index is -0.0192. The maximum absolute atomic E-state index is 11.6. The van der Waals surface area contributed by atoms with Gasteiger partial charge in [-0.15, -0.1) is 12.4 Å². The van der Waals surface area contributed by atoms with Crippen molar-refractivity contribution in [3.63, 3.8) is 0 Å². The van der Waals surface area contributed by atoms with Crippen LogP contribution in [0.3, 0.4) is 0 Å². The van der Waals surface area contributed by atoms with Gasteiger partial charge in [0.05, 0.1) is 23.8 Å². The number of nitrogens with two attached hydrogens (primary N) is 1. The largest absolute Gasteiger partial charge is 0.375 e. The van der Waals surface area contributed by atoms with Crippen molar-refractivity contribution in [2.75, 3.05) is 11.9 Å². The van der Waals surface area contributed by atoms with Crippen LogP contribution in [0, 0.1) is 0 Å². The van der Waals surface area contributed by atoms with Crippen LogP contribution in [0.1, 0.15) is 30.3 Å². The predicted octanol–water partition coefficient (Wildman–Crippen LogP) is 1.70. The molecule has 0 bridgehead atoms. The first-order chi connectivity index (χ1) is 8.15. The molecular weight excluding hydrogens is 274 g/mol. The van der Waals surface area contributed by atoms with Crippen molar-refractivity contribution in [3.8, 4) is 0 Å². The lowest BCUT2D eigenvalue weighted by molar-refractivity contribution is -0.116. The molecule has 2 rings (SSSR count). The molecular formula is C11H18ClN3O2S. The number of nitrogens with one attached hydrogen (secondary N) is 1. The second-order valence-corrected chi connectivity index (χ2v) is 5.34. The van der Waals surface area contributed by atoms with Gasteiger partial charge in [-0.2, -0.15) is 0 Å².